The summed E-state index contributed by atoms with van der Waals surface area (Å²) in [5, 5.41) is 8.62. The van der Waals surface area contributed by atoms with Crippen LogP contribution in [0.3, 0.4) is 0 Å². The largest absolute Gasteiger partial charge is 0.433 e. The van der Waals surface area contributed by atoms with Crippen LogP contribution in [0.1, 0.15) is 24.1 Å². The number of hydrogen-bond acceptors (Lipinski definition) is 5. The lowest BCUT2D eigenvalue weighted by Gasteiger charge is -2.34. The molecular weight excluding hydrogens is 433 g/mol. The summed E-state index contributed by atoms with van der Waals surface area (Å²) in [5.41, 5.74) is 2.27. The smallest absolute Gasteiger partial charge is 0.371 e. The number of amides is 1. The number of pyridine rings is 1. The number of hydroxylamine groups is 1. The Labute approximate surface area is 179 Å². The van der Waals surface area contributed by atoms with Crippen LogP contribution in [0.4, 0.5) is 18.9 Å². The van der Waals surface area contributed by atoms with E-state index in [-0.39, 0.29) is 10.9 Å². The van der Waals surface area contributed by atoms with Crippen LogP contribution in [-0.4, -0.2) is 39.4 Å². The summed E-state index contributed by atoms with van der Waals surface area (Å²) in [7, 11) is -1.66. The van der Waals surface area contributed by atoms with Crippen molar-refractivity contribution in [1.29, 1.82) is 0 Å². The van der Waals surface area contributed by atoms with Gasteiger partial charge in [-0.05, 0) is 42.7 Å². The standard InChI is InChI=1S/C20H21F3N4O3S/c21-20(22,23)18-7-6-16(13-24-18)31(30)26-15-9-11-27(12-10-15)17-4-2-1-3-14(17)5-8-19(28)25-29/h1-8,13,15,26,29H,9-12H2,(H,25,28)/b8-5+. The molecule has 1 unspecified atom stereocenters. The molecule has 31 heavy (non-hydrogen) atoms. The maximum atomic E-state index is 12.6. The molecule has 0 bridgehead atoms. The lowest BCUT2D eigenvalue weighted by molar-refractivity contribution is -0.141. The molecule has 0 spiro atoms. The number of carbonyl (C=O) groups is 1. The first-order valence-corrected chi connectivity index (χ1v) is 10.6. The number of nitrogens with zero attached hydrogens (tertiary/aromatic N) is 2. The number of para-hydroxylation sites is 1. The molecule has 2 heterocycles. The van der Waals surface area contributed by atoms with E-state index in [4.69, 9.17) is 5.21 Å². The fraction of sp³-hybridized carbons (Fsp3) is 0.300. The number of carbonyl (C=O) groups excluding carboxylic acids is 1. The van der Waals surface area contributed by atoms with Crippen molar-refractivity contribution in [2.45, 2.75) is 30.0 Å². The average molecular weight is 454 g/mol. The Morgan fingerprint density at radius 1 is 1.19 bits per heavy atom. The Bertz CT molecular complexity index is 959. The number of halogens is 3. The molecule has 1 fully saturated rings. The van der Waals surface area contributed by atoms with Crippen molar-refractivity contribution in [2.75, 3.05) is 18.0 Å². The van der Waals surface area contributed by atoms with Crippen LogP contribution in [-0.2, 0) is 22.0 Å². The number of piperidine rings is 1. The molecule has 11 heteroatoms. The van der Waals surface area contributed by atoms with E-state index in [1.54, 1.807) is 11.6 Å². The Kier molecular flexibility index (Phi) is 7.42. The highest BCUT2D eigenvalue weighted by atomic mass is 32.2. The summed E-state index contributed by atoms with van der Waals surface area (Å²) < 4.78 is 53.2. The maximum absolute atomic E-state index is 12.6. The molecule has 0 aliphatic carbocycles. The topological polar surface area (TPSA) is 94.6 Å². The summed E-state index contributed by atoms with van der Waals surface area (Å²) >= 11 is 0. The summed E-state index contributed by atoms with van der Waals surface area (Å²) in [6, 6.07) is 9.43. The predicted octanol–water partition coefficient (Wildman–Crippen LogP) is 2.90. The number of rotatable bonds is 6. The zero-order valence-corrected chi connectivity index (χ0v) is 17.1. The van der Waals surface area contributed by atoms with Crippen molar-refractivity contribution < 1.29 is 27.4 Å². The molecule has 2 aromatic rings. The van der Waals surface area contributed by atoms with Crippen LogP contribution in [0.5, 0.6) is 0 Å². The first kappa shape index (κ1) is 22.9. The fourth-order valence-corrected chi connectivity index (χ4v) is 4.25. The fourth-order valence-electron chi connectivity index (χ4n) is 3.23. The van der Waals surface area contributed by atoms with Crippen molar-refractivity contribution in [3.63, 3.8) is 0 Å². The van der Waals surface area contributed by atoms with Crippen molar-refractivity contribution in [3.8, 4) is 0 Å². The monoisotopic (exact) mass is 454 g/mol. The van der Waals surface area contributed by atoms with Crippen LogP contribution in [0.25, 0.3) is 6.08 Å². The van der Waals surface area contributed by atoms with Gasteiger partial charge in [0.1, 0.15) is 16.7 Å². The molecule has 1 aromatic carbocycles. The van der Waals surface area contributed by atoms with Crippen molar-refractivity contribution >= 4 is 28.7 Å². The van der Waals surface area contributed by atoms with Crippen molar-refractivity contribution in [1.82, 2.24) is 15.2 Å². The van der Waals surface area contributed by atoms with Crippen LogP contribution in [0.2, 0.25) is 0 Å². The Balaban J connectivity index is 1.58. The first-order valence-electron chi connectivity index (χ1n) is 9.45. The number of anilines is 1. The molecule has 1 atom stereocenters. The molecule has 0 saturated carbocycles. The second-order valence-corrected chi connectivity index (χ2v) is 8.14. The van der Waals surface area contributed by atoms with Gasteiger partial charge in [-0.15, -0.1) is 0 Å². The van der Waals surface area contributed by atoms with Crippen LogP contribution in [0, 0.1) is 0 Å². The van der Waals surface area contributed by atoms with E-state index in [2.05, 4.69) is 14.6 Å². The van der Waals surface area contributed by atoms with Gasteiger partial charge < -0.3 is 4.90 Å². The van der Waals surface area contributed by atoms with Crippen molar-refractivity contribution in [2.24, 2.45) is 0 Å². The molecule has 1 amide bonds. The van der Waals surface area contributed by atoms with E-state index in [9.17, 15) is 22.2 Å². The maximum Gasteiger partial charge on any atom is 0.433 e. The third-order valence-corrected chi connectivity index (χ3v) is 6.03. The van der Waals surface area contributed by atoms with Gasteiger partial charge in [0.15, 0.2) is 0 Å². The number of hydrogen-bond donors (Lipinski definition) is 3. The van der Waals surface area contributed by atoms with Crippen molar-refractivity contribution in [3.05, 3.63) is 59.9 Å². The summed E-state index contributed by atoms with van der Waals surface area (Å²) in [6.07, 6.45) is 0.635. The minimum absolute atomic E-state index is 0.0674. The van der Waals surface area contributed by atoms with Gasteiger partial charge in [-0.1, -0.05) is 18.2 Å². The zero-order valence-electron chi connectivity index (χ0n) is 16.3. The van der Waals surface area contributed by atoms with E-state index in [1.165, 1.54) is 12.1 Å². The third-order valence-electron chi connectivity index (χ3n) is 4.81. The highest BCUT2D eigenvalue weighted by Gasteiger charge is 2.32. The summed E-state index contributed by atoms with van der Waals surface area (Å²) in [4.78, 5) is 16.9. The summed E-state index contributed by atoms with van der Waals surface area (Å²) in [5.74, 6) is -0.627. The third kappa shape index (κ3) is 6.12. The molecule has 3 N–H and O–H groups in total. The second-order valence-electron chi connectivity index (χ2n) is 6.89. The molecule has 166 valence electrons. The van der Waals surface area contributed by atoms with Gasteiger partial charge in [0.25, 0.3) is 5.91 Å². The molecule has 7 nitrogen and oxygen atoms in total. The Morgan fingerprint density at radius 2 is 1.90 bits per heavy atom. The van der Waals surface area contributed by atoms with Gasteiger partial charge in [0.2, 0.25) is 0 Å². The highest BCUT2D eigenvalue weighted by Crippen LogP contribution is 2.28. The SMILES string of the molecule is O=C(/C=C/c1ccccc1N1CCC(NS(=O)c2ccc(C(F)(F)F)nc2)CC1)NO. The number of nitrogens with one attached hydrogen (secondary N) is 2. The normalized spacial score (nSPS) is 16.5. The van der Waals surface area contributed by atoms with Crippen LogP contribution in [0.15, 0.2) is 53.6 Å². The molecule has 0 radical (unpaired) electrons. The first-order chi connectivity index (χ1) is 14.8. The Hall–Kier alpha value is -2.76. The molecule has 3 rings (SSSR count). The van der Waals surface area contributed by atoms with Gasteiger partial charge in [0, 0.05) is 37.1 Å². The van der Waals surface area contributed by atoms with Gasteiger partial charge in [-0.2, -0.15) is 13.2 Å². The highest BCUT2D eigenvalue weighted by molar-refractivity contribution is 7.83. The average Bonchev–Trinajstić information content (AvgIpc) is 2.77. The van der Waals surface area contributed by atoms with E-state index < -0.39 is 28.8 Å². The van der Waals surface area contributed by atoms with Gasteiger partial charge in [-0.3, -0.25) is 15.0 Å². The zero-order chi connectivity index (χ0) is 22.4. The number of aromatic nitrogens is 1. The quantitative estimate of drug-likeness (QED) is 0.355. The van der Waals surface area contributed by atoms with E-state index in [1.807, 2.05) is 24.3 Å². The molecule has 1 aromatic heterocycles. The molecule has 1 aliphatic rings. The van der Waals surface area contributed by atoms with E-state index in [0.717, 1.165) is 23.5 Å². The number of alkyl halides is 3. The lowest BCUT2D eigenvalue weighted by Crippen LogP contribution is -2.43. The predicted molar refractivity (Wildman–Crippen MR) is 109 cm³/mol. The molecule has 1 aliphatic heterocycles. The van der Waals surface area contributed by atoms with Crippen LogP contribution >= 0.6 is 0 Å². The lowest BCUT2D eigenvalue weighted by atomic mass is 10.0. The minimum Gasteiger partial charge on any atom is -0.371 e. The molecule has 1 saturated heterocycles. The van der Waals surface area contributed by atoms with E-state index in [0.29, 0.717) is 25.9 Å². The molecular formula is C20H21F3N4O3S. The van der Waals surface area contributed by atoms with E-state index >= 15 is 0 Å². The Morgan fingerprint density at radius 3 is 2.52 bits per heavy atom. The van der Waals surface area contributed by atoms with Gasteiger partial charge in [-0.25, -0.2) is 14.4 Å². The minimum atomic E-state index is -4.53. The number of benzene rings is 1. The van der Waals surface area contributed by atoms with Gasteiger partial charge >= 0.3 is 6.18 Å². The second kappa shape index (κ2) is 10.0. The van der Waals surface area contributed by atoms with Gasteiger partial charge in [0.05, 0.1) is 4.90 Å². The van der Waals surface area contributed by atoms with Crippen LogP contribution < -0.4 is 15.1 Å². The summed E-state index contributed by atoms with van der Waals surface area (Å²) in [6.45, 7) is 1.33.